The summed E-state index contributed by atoms with van der Waals surface area (Å²) < 4.78 is 102. The lowest BCUT2D eigenvalue weighted by Gasteiger charge is -2.15. The van der Waals surface area contributed by atoms with E-state index >= 15 is 0 Å². The molecular formula is C27H32F2N2O7S2. The summed E-state index contributed by atoms with van der Waals surface area (Å²) in [5.41, 5.74) is 0.0245. The molecule has 9 nitrogen and oxygen atoms in total. The Morgan fingerprint density at radius 3 is 1.65 bits per heavy atom. The highest BCUT2D eigenvalue weighted by atomic mass is 32.2. The monoisotopic (exact) mass is 598 g/mol. The standard InChI is InChI=1S/C27H32F2N2O7S2/c1-4-6-14-37-25-16-19(8-11-22(25)28)30-39(32,33)21-10-13-24(36-3)27(18-21)40(34,35)31-20-9-12-23(29)26(17-20)38-15-7-5-2/h8-13,16-18,30-31H,4-7,14-15H2,1-3H3. The number of halogens is 2. The highest BCUT2D eigenvalue weighted by Crippen LogP contribution is 2.31. The van der Waals surface area contributed by atoms with Crippen molar-refractivity contribution in [2.24, 2.45) is 0 Å². The SMILES string of the molecule is CCCCOc1cc(NS(=O)(=O)c2ccc(OC)c(S(=O)(=O)Nc3ccc(F)c(OCCCC)c3)c2)ccc1F. The summed E-state index contributed by atoms with van der Waals surface area (Å²) in [6.07, 6.45) is 3.04. The average molecular weight is 599 g/mol. The maximum Gasteiger partial charge on any atom is 0.265 e. The molecule has 13 heteroatoms. The van der Waals surface area contributed by atoms with Crippen molar-refractivity contribution in [3.8, 4) is 17.2 Å². The average Bonchev–Trinajstić information content (AvgIpc) is 2.91. The van der Waals surface area contributed by atoms with E-state index in [1.165, 1.54) is 43.5 Å². The van der Waals surface area contributed by atoms with Gasteiger partial charge in [-0.1, -0.05) is 26.7 Å². The van der Waals surface area contributed by atoms with Gasteiger partial charge in [0.25, 0.3) is 20.0 Å². The second-order valence-electron chi connectivity index (χ2n) is 8.72. The van der Waals surface area contributed by atoms with E-state index in [2.05, 4.69) is 9.44 Å². The fraction of sp³-hybridized carbons (Fsp3) is 0.333. The van der Waals surface area contributed by atoms with Crippen LogP contribution in [-0.2, 0) is 20.0 Å². The lowest BCUT2D eigenvalue weighted by molar-refractivity contribution is 0.294. The zero-order valence-electron chi connectivity index (χ0n) is 22.4. The summed E-state index contributed by atoms with van der Waals surface area (Å²) in [5.74, 6) is -1.67. The predicted molar refractivity (Wildman–Crippen MR) is 148 cm³/mol. The number of benzene rings is 3. The van der Waals surface area contributed by atoms with Crippen LogP contribution in [0.2, 0.25) is 0 Å². The van der Waals surface area contributed by atoms with Gasteiger partial charge in [0, 0.05) is 12.1 Å². The summed E-state index contributed by atoms with van der Waals surface area (Å²) in [6.45, 7) is 4.41. The summed E-state index contributed by atoms with van der Waals surface area (Å²) >= 11 is 0. The quantitative estimate of drug-likeness (QED) is 0.208. The third kappa shape index (κ3) is 7.98. The minimum atomic E-state index is -4.41. The lowest BCUT2D eigenvalue weighted by atomic mass is 10.3. The smallest absolute Gasteiger partial charge is 0.265 e. The van der Waals surface area contributed by atoms with Crippen LogP contribution in [0.3, 0.4) is 0 Å². The molecule has 0 aromatic heterocycles. The summed E-state index contributed by atoms with van der Waals surface area (Å²) in [5, 5.41) is 0. The van der Waals surface area contributed by atoms with Gasteiger partial charge in [-0.3, -0.25) is 9.44 Å². The Kier molecular flexibility index (Phi) is 10.6. The van der Waals surface area contributed by atoms with Gasteiger partial charge in [0.2, 0.25) is 0 Å². The van der Waals surface area contributed by atoms with Crippen molar-refractivity contribution in [1.29, 1.82) is 0 Å². The summed E-state index contributed by atoms with van der Waals surface area (Å²) in [6, 6.07) is 10.2. The van der Waals surface area contributed by atoms with Crippen molar-refractivity contribution in [3.63, 3.8) is 0 Å². The number of unbranched alkanes of at least 4 members (excludes halogenated alkanes) is 2. The Morgan fingerprint density at radius 1 is 0.675 bits per heavy atom. The van der Waals surface area contributed by atoms with Gasteiger partial charge in [-0.15, -0.1) is 0 Å². The molecule has 0 atom stereocenters. The molecule has 0 aliphatic rings. The second-order valence-corrected chi connectivity index (χ2v) is 12.1. The van der Waals surface area contributed by atoms with Crippen LogP contribution >= 0.6 is 0 Å². The van der Waals surface area contributed by atoms with Crippen LogP contribution in [0.4, 0.5) is 20.2 Å². The number of methoxy groups -OCH3 is 1. The number of hydrogen-bond donors (Lipinski definition) is 2. The first-order valence-corrected chi connectivity index (χ1v) is 15.6. The first-order chi connectivity index (χ1) is 19.0. The van der Waals surface area contributed by atoms with Crippen molar-refractivity contribution in [3.05, 3.63) is 66.2 Å². The van der Waals surface area contributed by atoms with Crippen LogP contribution in [0.25, 0.3) is 0 Å². The molecule has 40 heavy (non-hydrogen) atoms. The van der Waals surface area contributed by atoms with Gasteiger partial charge in [0.1, 0.15) is 10.6 Å². The molecule has 0 aliphatic carbocycles. The Hall–Kier alpha value is -3.58. The van der Waals surface area contributed by atoms with E-state index in [1.54, 1.807) is 0 Å². The molecule has 0 unspecified atom stereocenters. The van der Waals surface area contributed by atoms with Crippen molar-refractivity contribution in [1.82, 2.24) is 0 Å². The van der Waals surface area contributed by atoms with Gasteiger partial charge in [-0.25, -0.2) is 25.6 Å². The molecule has 3 aromatic rings. The van der Waals surface area contributed by atoms with E-state index in [0.717, 1.165) is 31.0 Å². The van der Waals surface area contributed by atoms with Gasteiger partial charge in [0.05, 0.1) is 36.6 Å². The highest BCUT2D eigenvalue weighted by Gasteiger charge is 2.25. The molecule has 0 heterocycles. The molecule has 0 bridgehead atoms. The van der Waals surface area contributed by atoms with Crippen molar-refractivity contribution in [2.45, 2.75) is 49.3 Å². The molecule has 0 amide bonds. The van der Waals surface area contributed by atoms with E-state index in [-0.39, 0.29) is 41.8 Å². The molecule has 0 aliphatic heterocycles. The topological polar surface area (TPSA) is 120 Å². The Morgan fingerprint density at radius 2 is 1.18 bits per heavy atom. The molecule has 3 rings (SSSR count). The number of anilines is 2. The minimum Gasteiger partial charge on any atom is -0.495 e. The number of nitrogens with one attached hydrogen (secondary N) is 2. The lowest BCUT2D eigenvalue weighted by Crippen LogP contribution is -2.17. The maximum atomic E-state index is 14.1. The maximum absolute atomic E-state index is 14.1. The second kappa shape index (κ2) is 13.7. The van der Waals surface area contributed by atoms with Crippen LogP contribution in [-0.4, -0.2) is 37.2 Å². The van der Waals surface area contributed by atoms with Crippen molar-refractivity contribution < 1.29 is 39.8 Å². The van der Waals surface area contributed by atoms with Gasteiger partial charge >= 0.3 is 0 Å². The largest absolute Gasteiger partial charge is 0.495 e. The van der Waals surface area contributed by atoms with E-state index < -0.39 is 41.5 Å². The van der Waals surface area contributed by atoms with E-state index in [9.17, 15) is 25.6 Å². The fourth-order valence-electron chi connectivity index (χ4n) is 3.47. The first-order valence-electron chi connectivity index (χ1n) is 12.6. The minimum absolute atomic E-state index is 0.00301. The molecule has 3 aromatic carbocycles. The normalized spacial score (nSPS) is 11.6. The fourth-order valence-corrected chi connectivity index (χ4v) is 5.86. The number of ether oxygens (including phenoxy) is 3. The van der Waals surface area contributed by atoms with Crippen LogP contribution in [0.1, 0.15) is 39.5 Å². The molecule has 0 spiro atoms. The molecule has 0 saturated carbocycles. The molecule has 2 N–H and O–H groups in total. The predicted octanol–water partition coefficient (Wildman–Crippen LogP) is 5.93. The van der Waals surface area contributed by atoms with Gasteiger partial charge in [-0.05, 0) is 55.3 Å². The number of hydrogen-bond acceptors (Lipinski definition) is 7. The Bertz CT molecular complexity index is 1530. The molecule has 0 saturated heterocycles. The first kappa shape index (κ1) is 31.0. The Balaban J connectivity index is 1.89. The van der Waals surface area contributed by atoms with Crippen LogP contribution < -0.4 is 23.7 Å². The molecule has 0 radical (unpaired) electrons. The third-order valence-electron chi connectivity index (χ3n) is 5.61. The van der Waals surface area contributed by atoms with Crippen LogP contribution in [0.15, 0.2) is 64.4 Å². The van der Waals surface area contributed by atoms with E-state index in [4.69, 9.17) is 14.2 Å². The van der Waals surface area contributed by atoms with Gasteiger partial charge in [0.15, 0.2) is 23.1 Å². The summed E-state index contributed by atoms with van der Waals surface area (Å²) in [7, 11) is -7.49. The molecule has 0 fully saturated rings. The van der Waals surface area contributed by atoms with Crippen LogP contribution in [0.5, 0.6) is 17.2 Å². The molecule has 218 valence electrons. The number of sulfonamides is 2. The van der Waals surface area contributed by atoms with E-state index in [0.29, 0.717) is 12.8 Å². The van der Waals surface area contributed by atoms with Crippen molar-refractivity contribution in [2.75, 3.05) is 29.8 Å². The Labute approximate surface area is 233 Å². The zero-order valence-corrected chi connectivity index (χ0v) is 24.0. The van der Waals surface area contributed by atoms with Crippen molar-refractivity contribution >= 4 is 31.4 Å². The zero-order chi connectivity index (χ0) is 29.3. The highest BCUT2D eigenvalue weighted by molar-refractivity contribution is 7.93. The van der Waals surface area contributed by atoms with E-state index in [1.807, 2.05) is 13.8 Å². The summed E-state index contributed by atoms with van der Waals surface area (Å²) in [4.78, 5) is -0.868. The van der Waals surface area contributed by atoms with Gasteiger partial charge < -0.3 is 14.2 Å². The number of rotatable bonds is 15. The molecular weight excluding hydrogens is 566 g/mol. The third-order valence-corrected chi connectivity index (χ3v) is 8.39. The van der Waals surface area contributed by atoms with Gasteiger partial charge in [-0.2, -0.15) is 0 Å². The van der Waals surface area contributed by atoms with Crippen LogP contribution in [0, 0.1) is 11.6 Å².